The van der Waals surface area contributed by atoms with Crippen LogP contribution in [0, 0.1) is 0 Å². The number of carbonyl (C=O) groups excluding carboxylic acids is 1. The van der Waals surface area contributed by atoms with Gasteiger partial charge in [0, 0.05) is 25.2 Å². The third-order valence-electron chi connectivity index (χ3n) is 5.98. The fourth-order valence-corrected chi connectivity index (χ4v) is 4.11. The lowest BCUT2D eigenvalue weighted by atomic mass is 10.1. The maximum absolute atomic E-state index is 13.5. The van der Waals surface area contributed by atoms with Crippen LogP contribution in [0.3, 0.4) is 0 Å². The van der Waals surface area contributed by atoms with Crippen molar-refractivity contribution in [1.29, 1.82) is 0 Å². The van der Waals surface area contributed by atoms with Crippen LogP contribution in [0.5, 0.6) is 11.8 Å². The average Bonchev–Trinajstić information content (AvgIpc) is 3.30. The average molecular weight is 516 g/mol. The molecule has 1 atom stereocenters. The minimum absolute atomic E-state index is 0.152. The fourth-order valence-electron chi connectivity index (χ4n) is 4.11. The van der Waals surface area contributed by atoms with Gasteiger partial charge < -0.3 is 19.7 Å². The van der Waals surface area contributed by atoms with Gasteiger partial charge in [-0.1, -0.05) is 30.3 Å². The topological polar surface area (TPSA) is 79.8 Å². The molecule has 4 rings (SSSR count). The monoisotopic (exact) mass is 515 g/mol. The van der Waals surface area contributed by atoms with Crippen LogP contribution >= 0.6 is 0 Å². The van der Waals surface area contributed by atoms with E-state index in [2.05, 4.69) is 20.2 Å². The molecule has 2 heterocycles. The van der Waals surface area contributed by atoms with Gasteiger partial charge in [0.1, 0.15) is 11.9 Å². The summed E-state index contributed by atoms with van der Waals surface area (Å²) in [6.07, 6.45) is -0.934. The third kappa shape index (κ3) is 6.29. The van der Waals surface area contributed by atoms with Crippen molar-refractivity contribution in [2.75, 3.05) is 44.5 Å². The SMILES string of the molecule is COc1cc2c(cc1C(F)(F)F)N(C(=O)Nc1cnc(OC(CCN(C)C)c3ccccc3)nc1)CC2. The van der Waals surface area contributed by atoms with E-state index in [0.29, 0.717) is 17.7 Å². The Hall–Kier alpha value is -3.86. The smallest absolute Gasteiger partial charge is 0.420 e. The number of hydrogen-bond donors (Lipinski definition) is 1. The normalized spacial score (nSPS) is 13.9. The number of amides is 2. The van der Waals surface area contributed by atoms with Crippen molar-refractivity contribution in [3.63, 3.8) is 0 Å². The summed E-state index contributed by atoms with van der Waals surface area (Å²) in [4.78, 5) is 24.7. The number of hydrogen-bond acceptors (Lipinski definition) is 6. The van der Waals surface area contributed by atoms with Crippen LogP contribution in [0.4, 0.5) is 29.3 Å². The number of fused-ring (bicyclic) bond motifs is 1. The summed E-state index contributed by atoms with van der Waals surface area (Å²) < 4.78 is 51.4. The second-order valence-corrected chi connectivity index (χ2v) is 8.87. The zero-order valence-electron chi connectivity index (χ0n) is 20.7. The maximum Gasteiger partial charge on any atom is 0.420 e. The van der Waals surface area contributed by atoms with Gasteiger partial charge in [-0.2, -0.15) is 13.2 Å². The van der Waals surface area contributed by atoms with Crippen LogP contribution in [0.2, 0.25) is 0 Å². The molecular formula is C26H28F3N5O3. The molecule has 1 aromatic heterocycles. The summed E-state index contributed by atoms with van der Waals surface area (Å²) in [5.74, 6) is -0.267. The fraction of sp³-hybridized carbons (Fsp3) is 0.346. The lowest BCUT2D eigenvalue weighted by Gasteiger charge is -2.21. The van der Waals surface area contributed by atoms with Crippen molar-refractivity contribution in [2.24, 2.45) is 0 Å². The van der Waals surface area contributed by atoms with Crippen molar-refractivity contribution in [2.45, 2.75) is 25.1 Å². The minimum atomic E-state index is -4.61. The summed E-state index contributed by atoms with van der Waals surface area (Å²) in [5, 5.41) is 2.65. The number of urea groups is 1. The van der Waals surface area contributed by atoms with E-state index in [-0.39, 0.29) is 30.1 Å². The molecule has 0 radical (unpaired) electrons. The first kappa shape index (κ1) is 26.2. The Balaban J connectivity index is 1.46. The van der Waals surface area contributed by atoms with Crippen LogP contribution < -0.4 is 19.7 Å². The number of benzene rings is 2. The zero-order chi connectivity index (χ0) is 26.6. The number of aromatic nitrogens is 2. The maximum atomic E-state index is 13.5. The number of carbonyl (C=O) groups is 1. The molecule has 8 nitrogen and oxygen atoms in total. The second-order valence-electron chi connectivity index (χ2n) is 8.87. The lowest BCUT2D eigenvalue weighted by Crippen LogP contribution is -2.33. The van der Waals surface area contributed by atoms with E-state index < -0.39 is 17.8 Å². The molecule has 0 aliphatic carbocycles. The highest BCUT2D eigenvalue weighted by atomic mass is 19.4. The minimum Gasteiger partial charge on any atom is -0.496 e. The first-order valence-corrected chi connectivity index (χ1v) is 11.7. The molecule has 1 unspecified atom stereocenters. The number of methoxy groups -OCH3 is 1. The Bertz CT molecular complexity index is 1220. The van der Waals surface area contributed by atoms with Crippen molar-refractivity contribution in [1.82, 2.24) is 14.9 Å². The van der Waals surface area contributed by atoms with E-state index in [1.807, 2.05) is 44.4 Å². The Morgan fingerprint density at radius 2 is 1.86 bits per heavy atom. The summed E-state index contributed by atoms with van der Waals surface area (Å²) in [6, 6.07) is 11.6. The summed E-state index contributed by atoms with van der Waals surface area (Å²) in [5.41, 5.74) is 1.15. The highest BCUT2D eigenvalue weighted by Crippen LogP contribution is 2.42. The number of halogens is 3. The number of nitrogens with one attached hydrogen (secondary N) is 1. The highest BCUT2D eigenvalue weighted by molar-refractivity contribution is 6.03. The molecule has 1 aliphatic heterocycles. The Morgan fingerprint density at radius 3 is 2.49 bits per heavy atom. The molecular weight excluding hydrogens is 487 g/mol. The van der Waals surface area contributed by atoms with Gasteiger partial charge in [-0.05, 0) is 43.8 Å². The molecule has 37 heavy (non-hydrogen) atoms. The molecule has 0 saturated carbocycles. The highest BCUT2D eigenvalue weighted by Gasteiger charge is 2.37. The summed E-state index contributed by atoms with van der Waals surface area (Å²) in [7, 11) is 5.15. The quantitative estimate of drug-likeness (QED) is 0.446. The Labute approximate surface area is 213 Å². The van der Waals surface area contributed by atoms with Gasteiger partial charge >= 0.3 is 18.2 Å². The van der Waals surface area contributed by atoms with Gasteiger partial charge in [0.25, 0.3) is 0 Å². The Morgan fingerprint density at radius 1 is 1.16 bits per heavy atom. The van der Waals surface area contributed by atoms with Gasteiger partial charge in [0.2, 0.25) is 0 Å². The Kier molecular flexibility index (Phi) is 7.82. The molecule has 1 N–H and O–H groups in total. The molecule has 11 heteroatoms. The number of ether oxygens (including phenoxy) is 2. The molecule has 196 valence electrons. The van der Waals surface area contributed by atoms with Crippen LogP contribution in [0.25, 0.3) is 0 Å². The van der Waals surface area contributed by atoms with Crippen molar-refractivity contribution in [3.8, 4) is 11.8 Å². The number of nitrogens with zero attached hydrogens (tertiary/aromatic N) is 4. The first-order chi connectivity index (χ1) is 17.7. The summed E-state index contributed by atoms with van der Waals surface area (Å²) in [6.45, 7) is 1.03. The van der Waals surface area contributed by atoms with Crippen molar-refractivity contribution >= 4 is 17.4 Å². The third-order valence-corrected chi connectivity index (χ3v) is 5.98. The second kappa shape index (κ2) is 11.0. The first-order valence-electron chi connectivity index (χ1n) is 11.7. The van der Waals surface area contributed by atoms with Gasteiger partial charge in [0.15, 0.2) is 0 Å². The van der Waals surface area contributed by atoms with Crippen LogP contribution in [0.15, 0.2) is 54.9 Å². The largest absolute Gasteiger partial charge is 0.496 e. The van der Waals surface area contributed by atoms with Crippen LogP contribution in [-0.4, -0.2) is 55.2 Å². The molecule has 0 fully saturated rings. The van der Waals surface area contributed by atoms with E-state index in [4.69, 9.17) is 9.47 Å². The molecule has 0 spiro atoms. The molecule has 0 saturated heterocycles. The van der Waals surface area contributed by atoms with E-state index in [1.54, 1.807) is 0 Å². The van der Waals surface area contributed by atoms with Crippen molar-refractivity contribution in [3.05, 3.63) is 71.5 Å². The molecule has 0 bridgehead atoms. The van der Waals surface area contributed by atoms with Gasteiger partial charge in [-0.3, -0.25) is 4.90 Å². The molecule has 2 amide bonds. The number of anilines is 2. The molecule has 3 aromatic rings. The summed E-state index contributed by atoms with van der Waals surface area (Å²) >= 11 is 0. The lowest BCUT2D eigenvalue weighted by molar-refractivity contribution is -0.138. The molecule has 1 aliphatic rings. The van der Waals surface area contributed by atoms with Gasteiger partial charge in [-0.15, -0.1) is 0 Å². The van der Waals surface area contributed by atoms with Gasteiger partial charge in [0.05, 0.1) is 30.8 Å². The molecule has 2 aromatic carbocycles. The standard InChI is InChI=1S/C26H28F3N5O3/c1-33(2)11-10-22(17-7-5-4-6-8-17)37-24-30-15-19(16-31-24)32-25(35)34-12-9-18-13-23(36-3)20(14-21(18)34)26(27,28)29/h4-8,13-16,22H,9-12H2,1-3H3,(H,32,35). The zero-order valence-corrected chi connectivity index (χ0v) is 20.7. The van der Waals surface area contributed by atoms with E-state index in [1.165, 1.54) is 30.5 Å². The van der Waals surface area contributed by atoms with Crippen LogP contribution in [0.1, 0.15) is 29.2 Å². The number of rotatable bonds is 8. The van der Waals surface area contributed by atoms with Crippen molar-refractivity contribution < 1.29 is 27.4 Å². The van der Waals surface area contributed by atoms with Crippen LogP contribution in [-0.2, 0) is 12.6 Å². The predicted molar refractivity (Wildman–Crippen MR) is 133 cm³/mol. The number of alkyl halides is 3. The van der Waals surface area contributed by atoms with E-state index in [0.717, 1.165) is 24.6 Å². The van der Waals surface area contributed by atoms with Gasteiger partial charge in [-0.25, -0.2) is 14.8 Å². The van der Waals surface area contributed by atoms with E-state index in [9.17, 15) is 18.0 Å². The van der Waals surface area contributed by atoms with E-state index >= 15 is 0 Å². The predicted octanol–water partition coefficient (Wildman–Crippen LogP) is 5.17.